The number of aromatic nitrogens is 2. The molecule has 3 N–H and O–H groups in total. The second kappa shape index (κ2) is 7.97. The number of nitrogens with one attached hydrogen (secondary N) is 3. The van der Waals surface area contributed by atoms with Crippen LogP contribution in [0.5, 0.6) is 0 Å². The van der Waals surface area contributed by atoms with Crippen LogP contribution in [0.1, 0.15) is 38.2 Å². The third kappa shape index (κ3) is 4.83. The summed E-state index contributed by atoms with van der Waals surface area (Å²) in [6, 6.07) is 7.46. The molecule has 1 aliphatic rings. The molecule has 1 fully saturated rings. The number of H-pyrrole nitrogens is 1. The normalized spacial score (nSPS) is 20.5. The van der Waals surface area contributed by atoms with Crippen LogP contribution in [0.4, 0.5) is 16.2 Å². The van der Waals surface area contributed by atoms with E-state index < -0.39 is 0 Å². The third-order valence-electron chi connectivity index (χ3n) is 4.31. The van der Waals surface area contributed by atoms with Crippen molar-refractivity contribution in [2.45, 2.75) is 45.3 Å². The molecule has 3 rings (SSSR count). The Morgan fingerprint density at radius 3 is 3.00 bits per heavy atom. The monoisotopic (exact) mass is 328 g/mol. The van der Waals surface area contributed by atoms with Crippen molar-refractivity contribution >= 4 is 17.4 Å². The van der Waals surface area contributed by atoms with E-state index in [0.29, 0.717) is 18.4 Å². The Morgan fingerprint density at radius 2 is 2.21 bits per heavy atom. The molecule has 0 radical (unpaired) electrons. The maximum atomic E-state index is 11.9. The van der Waals surface area contributed by atoms with Crippen LogP contribution in [0.15, 0.2) is 36.7 Å². The number of anilines is 2. The summed E-state index contributed by atoms with van der Waals surface area (Å²) in [6.07, 6.45) is 8.38. The maximum absolute atomic E-state index is 11.9. The molecule has 1 aromatic carbocycles. The molecule has 0 aliphatic heterocycles. The molecule has 2 aromatic rings. The van der Waals surface area contributed by atoms with Crippen molar-refractivity contribution in [3.05, 3.63) is 42.2 Å². The van der Waals surface area contributed by atoms with Crippen molar-refractivity contribution in [1.82, 2.24) is 10.2 Å². The lowest BCUT2D eigenvalue weighted by Crippen LogP contribution is -2.21. The third-order valence-corrected chi connectivity index (χ3v) is 4.31. The topological polar surface area (TPSA) is 79.0 Å². The van der Waals surface area contributed by atoms with E-state index in [0.717, 1.165) is 30.0 Å². The fraction of sp³-hybridized carbons (Fsp3) is 0.444. The first kappa shape index (κ1) is 16.5. The number of rotatable bonds is 5. The molecule has 1 saturated carbocycles. The summed E-state index contributed by atoms with van der Waals surface area (Å²) in [7, 11) is 0. The van der Waals surface area contributed by atoms with Gasteiger partial charge in [-0.05, 0) is 36.5 Å². The predicted octanol–water partition coefficient (Wildman–Crippen LogP) is 4.15. The molecule has 24 heavy (non-hydrogen) atoms. The Hall–Kier alpha value is -2.34. The lowest BCUT2D eigenvalue weighted by molar-refractivity contribution is 0.00468. The van der Waals surface area contributed by atoms with Crippen molar-refractivity contribution < 1.29 is 9.53 Å². The minimum atomic E-state index is -0.296. The highest BCUT2D eigenvalue weighted by atomic mass is 16.5. The van der Waals surface area contributed by atoms with Gasteiger partial charge in [-0.2, -0.15) is 5.10 Å². The molecule has 0 saturated heterocycles. The zero-order valence-corrected chi connectivity index (χ0v) is 13.9. The number of amides is 2. The zero-order chi connectivity index (χ0) is 16.8. The van der Waals surface area contributed by atoms with E-state index in [-0.39, 0.29) is 6.03 Å². The SMILES string of the molecule is CC1CCCC(OCc2cccc(NC(=O)Nc3cn[nH]c3)c2)C1. The van der Waals surface area contributed by atoms with E-state index in [2.05, 4.69) is 27.8 Å². The van der Waals surface area contributed by atoms with E-state index in [1.54, 1.807) is 12.4 Å². The van der Waals surface area contributed by atoms with Crippen molar-refractivity contribution in [1.29, 1.82) is 0 Å². The molecule has 1 heterocycles. The molecular weight excluding hydrogens is 304 g/mol. The van der Waals surface area contributed by atoms with Crippen LogP contribution >= 0.6 is 0 Å². The summed E-state index contributed by atoms with van der Waals surface area (Å²) in [5.74, 6) is 0.753. The molecule has 0 bridgehead atoms. The van der Waals surface area contributed by atoms with E-state index in [4.69, 9.17) is 4.74 Å². The summed E-state index contributed by atoms with van der Waals surface area (Å²) in [6.45, 7) is 2.87. The summed E-state index contributed by atoms with van der Waals surface area (Å²) in [5.41, 5.74) is 2.43. The van der Waals surface area contributed by atoms with Gasteiger partial charge in [0.25, 0.3) is 0 Å². The molecule has 0 spiro atoms. The van der Waals surface area contributed by atoms with Gasteiger partial charge in [-0.25, -0.2) is 4.79 Å². The van der Waals surface area contributed by atoms with E-state index in [1.165, 1.54) is 12.8 Å². The predicted molar refractivity (Wildman–Crippen MR) is 93.9 cm³/mol. The summed E-state index contributed by atoms with van der Waals surface area (Å²) in [5, 5.41) is 12.0. The van der Waals surface area contributed by atoms with Gasteiger partial charge in [0.2, 0.25) is 0 Å². The van der Waals surface area contributed by atoms with Gasteiger partial charge < -0.3 is 15.4 Å². The molecule has 1 aromatic heterocycles. The highest BCUT2D eigenvalue weighted by Crippen LogP contribution is 2.26. The van der Waals surface area contributed by atoms with Crippen LogP contribution in [-0.4, -0.2) is 22.3 Å². The van der Waals surface area contributed by atoms with Crippen LogP contribution in [0.3, 0.4) is 0 Å². The number of hydrogen-bond donors (Lipinski definition) is 3. The standard InChI is InChI=1S/C18H24N4O2/c1-13-4-2-7-17(8-13)24-12-14-5-3-6-15(9-14)21-18(23)22-16-10-19-20-11-16/h3,5-6,9-11,13,17H,2,4,7-8,12H2,1H3,(H,19,20)(H2,21,22,23). The van der Waals surface area contributed by atoms with Gasteiger partial charge >= 0.3 is 6.03 Å². The number of urea groups is 1. The van der Waals surface area contributed by atoms with Crippen LogP contribution in [0.2, 0.25) is 0 Å². The summed E-state index contributed by atoms with van der Waals surface area (Å²) >= 11 is 0. The molecule has 2 atom stereocenters. The van der Waals surface area contributed by atoms with Crippen LogP contribution in [-0.2, 0) is 11.3 Å². The largest absolute Gasteiger partial charge is 0.374 e. The van der Waals surface area contributed by atoms with E-state index in [9.17, 15) is 4.79 Å². The van der Waals surface area contributed by atoms with Gasteiger partial charge in [0, 0.05) is 11.9 Å². The Labute approximate surface area is 142 Å². The first-order valence-corrected chi connectivity index (χ1v) is 8.46. The van der Waals surface area contributed by atoms with E-state index in [1.807, 2.05) is 24.3 Å². The lowest BCUT2D eigenvalue weighted by Gasteiger charge is -2.26. The number of aromatic amines is 1. The van der Waals surface area contributed by atoms with Crippen molar-refractivity contribution in [3.63, 3.8) is 0 Å². The molecule has 6 heteroatoms. The number of carbonyl (C=O) groups excluding carboxylic acids is 1. The van der Waals surface area contributed by atoms with E-state index >= 15 is 0 Å². The second-order valence-corrected chi connectivity index (χ2v) is 6.47. The highest BCUT2D eigenvalue weighted by molar-refractivity contribution is 5.99. The maximum Gasteiger partial charge on any atom is 0.323 e. The first-order chi connectivity index (χ1) is 11.7. The number of benzene rings is 1. The van der Waals surface area contributed by atoms with Crippen molar-refractivity contribution in [2.24, 2.45) is 5.92 Å². The average molecular weight is 328 g/mol. The quantitative estimate of drug-likeness (QED) is 0.771. The van der Waals surface area contributed by atoms with Gasteiger partial charge in [0.15, 0.2) is 0 Å². The molecular formula is C18H24N4O2. The Bertz CT molecular complexity index is 657. The van der Waals surface area contributed by atoms with Gasteiger partial charge in [-0.1, -0.05) is 31.9 Å². The van der Waals surface area contributed by atoms with Crippen molar-refractivity contribution in [2.75, 3.05) is 10.6 Å². The molecule has 2 amide bonds. The first-order valence-electron chi connectivity index (χ1n) is 8.46. The Kier molecular flexibility index (Phi) is 5.48. The summed E-state index contributed by atoms with van der Waals surface area (Å²) < 4.78 is 6.04. The van der Waals surface area contributed by atoms with Crippen molar-refractivity contribution in [3.8, 4) is 0 Å². The fourth-order valence-corrected chi connectivity index (χ4v) is 3.10. The summed E-state index contributed by atoms with van der Waals surface area (Å²) in [4.78, 5) is 11.9. The van der Waals surface area contributed by atoms with Crippen LogP contribution in [0, 0.1) is 5.92 Å². The molecule has 2 unspecified atom stereocenters. The van der Waals surface area contributed by atoms with Gasteiger partial charge in [-0.15, -0.1) is 0 Å². The number of ether oxygens (including phenoxy) is 1. The lowest BCUT2D eigenvalue weighted by atomic mass is 9.89. The zero-order valence-electron chi connectivity index (χ0n) is 13.9. The minimum absolute atomic E-state index is 0.296. The number of nitrogens with zero attached hydrogens (tertiary/aromatic N) is 1. The molecule has 1 aliphatic carbocycles. The number of carbonyl (C=O) groups is 1. The fourth-order valence-electron chi connectivity index (χ4n) is 3.10. The Morgan fingerprint density at radius 1 is 1.33 bits per heavy atom. The smallest absolute Gasteiger partial charge is 0.323 e. The molecule has 6 nitrogen and oxygen atoms in total. The second-order valence-electron chi connectivity index (χ2n) is 6.47. The van der Waals surface area contributed by atoms with Crippen LogP contribution in [0.25, 0.3) is 0 Å². The highest BCUT2D eigenvalue weighted by Gasteiger charge is 2.19. The number of hydrogen-bond acceptors (Lipinski definition) is 3. The van der Waals surface area contributed by atoms with Gasteiger partial charge in [-0.3, -0.25) is 5.10 Å². The van der Waals surface area contributed by atoms with Crippen LogP contribution < -0.4 is 10.6 Å². The Balaban J connectivity index is 1.51. The molecule has 128 valence electrons. The van der Waals surface area contributed by atoms with Gasteiger partial charge in [0.1, 0.15) is 0 Å². The average Bonchev–Trinajstić information content (AvgIpc) is 3.06. The van der Waals surface area contributed by atoms with Gasteiger partial charge in [0.05, 0.1) is 24.6 Å². The minimum Gasteiger partial charge on any atom is -0.374 e.